The minimum atomic E-state index is -0.622. The summed E-state index contributed by atoms with van der Waals surface area (Å²) in [7, 11) is 0. The lowest BCUT2D eigenvalue weighted by molar-refractivity contribution is 0.0499. The van der Waals surface area contributed by atoms with E-state index in [2.05, 4.69) is 27.1 Å². The van der Waals surface area contributed by atoms with E-state index in [4.69, 9.17) is 9.72 Å². The number of aryl methyl sites for hydroxylation is 1. The first kappa shape index (κ1) is 31.5. The van der Waals surface area contributed by atoms with Gasteiger partial charge in [0, 0.05) is 30.2 Å². The summed E-state index contributed by atoms with van der Waals surface area (Å²) in [5.74, 6) is 6.86. The van der Waals surface area contributed by atoms with Crippen molar-refractivity contribution in [2.75, 3.05) is 18.0 Å². The molecule has 1 amide bonds. The largest absolute Gasteiger partial charge is 0.444 e. The molecule has 0 spiro atoms. The third kappa shape index (κ3) is 6.47. The molecule has 0 unspecified atom stereocenters. The van der Waals surface area contributed by atoms with Crippen molar-refractivity contribution in [3.63, 3.8) is 0 Å². The molecule has 3 aromatic heterocycles. The normalized spacial score (nSPS) is 15.0. The van der Waals surface area contributed by atoms with Gasteiger partial charge in [0.15, 0.2) is 11.2 Å². The van der Waals surface area contributed by atoms with Crippen molar-refractivity contribution in [1.82, 2.24) is 34.0 Å². The van der Waals surface area contributed by atoms with E-state index in [1.54, 1.807) is 23.6 Å². The highest BCUT2D eigenvalue weighted by molar-refractivity contribution is 5.80. The van der Waals surface area contributed by atoms with Crippen LogP contribution in [0.2, 0.25) is 0 Å². The first-order valence-corrected chi connectivity index (χ1v) is 15.7. The number of hydrogen-bond acceptors (Lipinski definition) is 8. The van der Waals surface area contributed by atoms with Gasteiger partial charge in [0.1, 0.15) is 11.4 Å². The van der Waals surface area contributed by atoms with Crippen LogP contribution in [0.5, 0.6) is 0 Å². The number of nitrogens with one attached hydrogen (secondary N) is 1. The molecule has 5 aromatic rings. The molecule has 1 aliphatic rings. The van der Waals surface area contributed by atoms with Crippen LogP contribution in [0.4, 0.5) is 10.7 Å². The number of para-hydroxylation sites is 2. The molecule has 1 fully saturated rings. The maximum Gasteiger partial charge on any atom is 0.407 e. The topological polar surface area (TPSA) is 129 Å². The fourth-order valence-electron chi connectivity index (χ4n) is 5.98. The molecule has 12 nitrogen and oxygen atoms in total. The summed E-state index contributed by atoms with van der Waals surface area (Å²) in [6, 6.07) is 16.6. The van der Waals surface area contributed by atoms with Crippen LogP contribution >= 0.6 is 0 Å². The molecule has 1 N–H and O–H groups in total. The molecular weight excluding hydrogens is 596 g/mol. The number of carbonyl (C=O) groups is 1. The molecule has 0 radical (unpaired) electrons. The van der Waals surface area contributed by atoms with E-state index in [-0.39, 0.29) is 30.3 Å². The number of benzene rings is 2. The number of rotatable bonds is 6. The highest BCUT2D eigenvalue weighted by Gasteiger charge is 2.30. The Kier molecular flexibility index (Phi) is 8.56. The maximum atomic E-state index is 14.4. The highest BCUT2D eigenvalue weighted by Crippen LogP contribution is 2.25. The van der Waals surface area contributed by atoms with Gasteiger partial charge in [-0.25, -0.2) is 24.1 Å². The van der Waals surface area contributed by atoms with Crippen LogP contribution in [-0.4, -0.2) is 59.5 Å². The molecule has 1 saturated heterocycles. The summed E-state index contributed by atoms with van der Waals surface area (Å²) >= 11 is 0. The lowest BCUT2D eigenvalue weighted by Gasteiger charge is -2.34. The molecule has 4 heterocycles. The van der Waals surface area contributed by atoms with Crippen LogP contribution in [-0.2, 0) is 17.8 Å². The molecule has 6 rings (SSSR count). The van der Waals surface area contributed by atoms with Crippen LogP contribution in [0, 0.1) is 18.8 Å². The molecule has 0 saturated carbocycles. The van der Waals surface area contributed by atoms with Gasteiger partial charge >= 0.3 is 11.8 Å². The van der Waals surface area contributed by atoms with E-state index in [1.165, 1.54) is 9.13 Å². The molecule has 0 bridgehead atoms. The zero-order valence-electron chi connectivity index (χ0n) is 27.3. The van der Waals surface area contributed by atoms with Gasteiger partial charge in [-0.2, -0.15) is 4.98 Å². The fraction of sp³-hybridized carbons (Fsp3) is 0.371. The van der Waals surface area contributed by atoms with Gasteiger partial charge in [-0.3, -0.25) is 13.9 Å². The van der Waals surface area contributed by atoms with E-state index >= 15 is 0 Å². The van der Waals surface area contributed by atoms with Gasteiger partial charge in [-0.05, 0) is 65.7 Å². The number of imidazole rings is 1. The Morgan fingerprint density at radius 3 is 2.51 bits per heavy atom. The molecule has 2 aromatic carbocycles. The molecule has 242 valence electrons. The minimum Gasteiger partial charge on any atom is -0.444 e. The SMILES string of the molecule is CC#CCn1c(N2CCC[C@@H](NC(=O)OC(C)(C)C)C2)nc2c1c(=O)n(Cc1nc(C)c3ccccc3n1)c(=O)n2-c1ccccc1. The number of hydrogen-bond donors (Lipinski definition) is 1. The molecule has 47 heavy (non-hydrogen) atoms. The Morgan fingerprint density at radius 2 is 1.77 bits per heavy atom. The van der Waals surface area contributed by atoms with E-state index < -0.39 is 22.9 Å². The lowest BCUT2D eigenvalue weighted by atomic mass is 10.1. The predicted molar refractivity (Wildman–Crippen MR) is 181 cm³/mol. The minimum absolute atomic E-state index is 0.127. The van der Waals surface area contributed by atoms with Crippen molar-refractivity contribution in [1.29, 1.82) is 0 Å². The number of piperidine rings is 1. The number of ether oxygens (including phenoxy) is 1. The van der Waals surface area contributed by atoms with Crippen LogP contribution in [0.25, 0.3) is 27.8 Å². The number of nitrogens with zero attached hydrogens (tertiary/aromatic N) is 7. The summed E-state index contributed by atoms with van der Waals surface area (Å²) in [6.07, 6.45) is 1.05. The summed E-state index contributed by atoms with van der Waals surface area (Å²) in [5, 5.41) is 3.89. The fourth-order valence-corrected chi connectivity index (χ4v) is 5.98. The van der Waals surface area contributed by atoms with E-state index in [0.29, 0.717) is 30.5 Å². The highest BCUT2D eigenvalue weighted by atomic mass is 16.6. The number of carbonyl (C=O) groups excluding carboxylic acids is 1. The van der Waals surface area contributed by atoms with Crippen molar-refractivity contribution >= 4 is 34.1 Å². The van der Waals surface area contributed by atoms with Gasteiger partial charge in [-0.1, -0.05) is 42.3 Å². The van der Waals surface area contributed by atoms with Crippen molar-refractivity contribution in [2.24, 2.45) is 0 Å². The van der Waals surface area contributed by atoms with Gasteiger partial charge in [0.25, 0.3) is 5.56 Å². The Labute approximate surface area is 272 Å². The second-order valence-corrected chi connectivity index (χ2v) is 12.6. The average molecular weight is 635 g/mol. The Morgan fingerprint density at radius 1 is 1.02 bits per heavy atom. The molecule has 0 aliphatic carbocycles. The lowest BCUT2D eigenvalue weighted by Crippen LogP contribution is -2.49. The average Bonchev–Trinajstić information content (AvgIpc) is 3.41. The van der Waals surface area contributed by atoms with Crippen LogP contribution in [0.15, 0.2) is 64.2 Å². The first-order valence-electron chi connectivity index (χ1n) is 15.7. The van der Waals surface area contributed by atoms with Crippen LogP contribution in [0.1, 0.15) is 52.1 Å². The first-order chi connectivity index (χ1) is 22.5. The molecule has 12 heteroatoms. The van der Waals surface area contributed by atoms with Crippen molar-refractivity contribution in [3.8, 4) is 17.5 Å². The summed E-state index contributed by atoms with van der Waals surface area (Å²) in [4.78, 5) is 57.6. The molecular formula is C35H38N8O4. The third-order valence-corrected chi connectivity index (χ3v) is 8.00. The van der Waals surface area contributed by atoms with Gasteiger partial charge in [-0.15, -0.1) is 5.92 Å². The van der Waals surface area contributed by atoms with E-state index in [0.717, 1.165) is 29.4 Å². The molecule has 1 atom stereocenters. The third-order valence-electron chi connectivity index (χ3n) is 8.00. The molecule has 1 aliphatic heterocycles. The monoisotopic (exact) mass is 634 g/mol. The van der Waals surface area contributed by atoms with Gasteiger partial charge in [0.05, 0.1) is 24.3 Å². The smallest absolute Gasteiger partial charge is 0.407 e. The van der Waals surface area contributed by atoms with E-state index in [1.807, 2.05) is 75.1 Å². The second-order valence-electron chi connectivity index (χ2n) is 12.6. The Balaban J connectivity index is 1.51. The van der Waals surface area contributed by atoms with Crippen molar-refractivity contribution in [3.05, 3.63) is 87.0 Å². The predicted octanol–water partition coefficient (Wildman–Crippen LogP) is 4.17. The van der Waals surface area contributed by atoms with Gasteiger partial charge in [0.2, 0.25) is 5.95 Å². The Bertz CT molecular complexity index is 2150. The van der Waals surface area contributed by atoms with Crippen LogP contribution < -0.4 is 21.5 Å². The summed E-state index contributed by atoms with van der Waals surface area (Å²) in [5.41, 5.74) is 0.841. The second kappa shape index (κ2) is 12.7. The maximum absolute atomic E-state index is 14.4. The number of amides is 1. The zero-order valence-corrected chi connectivity index (χ0v) is 27.3. The quantitative estimate of drug-likeness (QED) is 0.276. The van der Waals surface area contributed by atoms with E-state index in [9.17, 15) is 14.4 Å². The zero-order chi connectivity index (χ0) is 33.3. The number of anilines is 1. The van der Waals surface area contributed by atoms with Crippen molar-refractivity contribution in [2.45, 2.75) is 72.2 Å². The van der Waals surface area contributed by atoms with Gasteiger partial charge < -0.3 is 15.0 Å². The van der Waals surface area contributed by atoms with Crippen molar-refractivity contribution < 1.29 is 9.53 Å². The number of alkyl carbamates (subject to hydrolysis) is 1. The number of aromatic nitrogens is 6. The summed E-state index contributed by atoms with van der Waals surface area (Å²) in [6.45, 7) is 10.2. The van der Waals surface area contributed by atoms with Crippen LogP contribution in [0.3, 0.4) is 0 Å². The Hall–Kier alpha value is -5.44. The summed E-state index contributed by atoms with van der Waals surface area (Å²) < 4.78 is 9.90. The standard InChI is InChI=1S/C35H38N8O4/c1-6-7-20-41-29-30(39-32(41)40-19-13-14-24(21-40)37-33(45)47-35(3,4)5)43(25-15-9-8-10-16-25)34(46)42(31(29)44)22-28-36-23(2)26-17-11-12-18-27(26)38-28/h8-12,15-18,24H,13-14,19-22H2,1-5H3,(H,37,45)/t24-/m1/s1. The number of fused-ring (bicyclic) bond motifs is 2.